The minimum absolute atomic E-state index is 0.0596. The minimum Gasteiger partial charge on any atom is -0.546 e. The van der Waals surface area contributed by atoms with Gasteiger partial charge in [0.15, 0.2) is 5.78 Å². The van der Waals surface area contributed by atoms with Crippen LogP contribution >= 0.6 is 11.3 Å². The molecular weight excluding hydrogens is 478 g/mol. The first-order valence-electron chi connectivity index (χ1n) is 11.6. The van der Waals surface area contributed by atoms with Crippen molar-refractivity contribution in [3.8, 4) is 11.5 Å². The zero-order valence-electron chi connectivity index (χ0n) is 20.1. The van der Waals surface area contributed by atoms with Crippen LogP contribution in [0.2, 0.25) is 0 Å². The number of thiazole rings is 1. The third-order valence-corrected chi connectivity index (χ3v) is 6.62. The molecule has 186 valence electrons. The van der Waals surface area contributed by atoms with Crippen LogP contribution in [-0.4, -0.2) is 28.5 Å². The molecular formula is C28H26NO6S-. The molecule has 0 bridgehead atoms. The molecule has 0 N–H and O–H groups in total. The molecule has 0 saturated carbocycles. The van der Waals surface area contributed by atoms with Gasteiger partial charge in [0, 0.05) is 23.7 Å². The maximum Gasteiger partial charge on any atom is 0.308 e. The van der Waals surface area contributed by atoms with Crippen LogP contribution in [0.4, 0.5) is 0 Å². The summed E-state index contributed by atoms with van der Waals surface area (Å²) < 4.78 is 13.8. The van der Waals surface area contributed by atoms with E-state index in [1.807, 2.05) is 24.3 Å². The number of hydrogen-bond donors (Lipinski definition) is 0. The van der Waals surface area contributed by atoms with Crippen LogP contribution in [0.25, 0.3) is 10.2 Å². The summed E-state index contributed by atoms with van der Waals surface area (Å²) in [7, 11) is 0. The Morgan fingerprint density at radius 2 is 1.67 bits per heavy atom. The molecule has 0 spiro atoms. The molecule has 0 aliphatic carbocycles. The van der Waals surface area contributed by atoms with Gasteiger partial charge in [-0.2, -0.15) is 0 Å². The van der Waals surface area contributed by atoms with Gasteiger partial charge in [0.05, 0.1) is 22.8 Å². The zero-order chi connectivity index (χ0) is 25.7. The third kappa shape index (κ3) is 5.83. The number of hydrogen-bond acceptors (Lipinski definition) is 7. The van der Waals surface area contributed by atoms with Crippen molar-refractivity contribution in [3.05, 3.63) is 93.6 Å². The summed E-state index contributed by atoms with van der Waals surface area (Å²) in [5.74, 6) is -0.428. The van der Waals surface area contributed by atoms with Crippen molar-refractivity contribution in [1.29, 1.82) is 0 Å². The summed E-state index contributed by atoms with van der Waals surface area (Å²) in [6, 6.07) is 21.2. The first-order chi connectivity index (χ1) is 17.2. The van der Waals surface area contributed by atoms with Gasteiger partial charge in [-0.05, 0) is 57.0 Å². The fourth-order valence-corrected chi connectivity index (χ4v) is 4.66. The van der Waals surface area contributed by atoms with E-state index in [2.05, 4.69) is 0 Å². The van der Waals surface area contributed by atoms with Crippen molar-refractivity contribution in [2.24, 2.45) is 0 Å². The molecule has 0 unspecified atom stereocenters. The number of carboxylic acids is 1. The second-order valence-corrected chi connectivity index (χ2v) is 9.82. The summed E-state index contributed by atoms with van der Waals surface area (Å²) in [4.78, 5) is 36.4. The first kappa shape index (κ1) is 25.2. The van der Waals surface area contributed by atoms with Crippen LogP contribution < -0.4 is 19.5 Å². The highest BCUT2D eigenvalue weighted by Gasteiger charge is 2.21. The first-order valence-corrected chi connectivity index (χ1v) is 12.4. The largest absolute Gasteiger partial charge is 0.546 e. The molecule has 0 aliphatic rings. The molecule has 0 aliphatic heterocycles. The standard InChI is InChI=1S/C28H27NO6S/c1-28(2,26(31)32)35-22-12-8-11-21(18-22)34-16-7-6-15-29-23-14-13-20(17-24(23)36-27(29)33)25(30)19-9-4-3-5-10-19/h3-5,8-14,17-18H,6-7,15-16H2,1-2H3,(H,31,32)/p-1. The number of unbranched alkanes of at least 4 members (excludes halogenated alkanes) is 1. The fraction of sp³-hybridized carbons (Fsp3) is 0.250. The number of carbonyl (C=O) groups is 2. The molecule has 0 saturated heterocycles. The van der Waals surface area contributed by atoms with Gasteiger partial charge >= 0.3 is 4.87 Å². The summed E-state index contributed by atoms with van der Waals surface area (Å²) >= 11 is 1.14. The Labute approximate surface area is 212 Å². The van der Waals surface area contributed by atoms with Gasteiger partial charge in [-0.3, -0.25) is 14.2 Å². The normalized spacial score (nSPS) is 11.4. The van der Waals surface area contributed by atoms with E-state index in [9.17, 15) is 19.5 Å². The predicted molar refractivity (Wildman–Crippen MR) is 137 cm³/mol. The average molecular weight is 505 g/mol. The molecule has 1 heterocycles. The maximum absolute atomic E-state index is 12.7. The van der Waals surface area contributed by atoms with Crippen molar-refractivity contribution >= 4 is 33.3 Å². The Morgan fingerprint density at radius 3 is 2.42 bits per heavy atom. The fourth-order valence-electron chi connectivity index (χ4n) is 3.70. The van der Waals surface area contributed by atoms with E-state index >= 15 is 0 Å². The second-order valence-electron chi connectivity index (χ2n) is 8.83. The number of fused-ring (bicyclic) bond motifs is 1. The predicted octanol–water partition coefficient (Wildman–Crippen LogP) is 4.06. The van der Waals surface area contributed by atoms with Crippen LogP contribution in [0.1, 0.15) is 42.6 Å². The van der Waals surface area contributed by atoms with Gasteiger partial charge in [0.1, 0.15) is 17.1 Å². The molecule has 4 aromatic rings. The molecule has 0 fully saturated rings. The van der Waals surface area contributed by atoms with Crippen molar-refractivity contribution in [3.63, 3.8) is 0 Å². The molecule has 4 rings (SSSR count). The molecule has 1 aromatic heterocycles. The topological polar surface area (TPSA) is 97.7 Å². The summed E-state index contributed by atoms with van der Waals surface area (Å²) in [6.07, 6.45) is 1.44. The van der Waals surface area contributed by atoms with E-state index < -0.39 is 11.6 Å². The Hall–Kier alpha value is -3.91. The van der Waals surface area contributed by atoms with E-state index in [1.165, 1.54) is 13.8 Å². The van der Waals surface area contributed by atoms with Crippen molar-refractivity contribution in [2.45, 2.75) is 38.8 Å². The Bertz CT molecular complexity index is 1440. The number of ether oxygens (including phenoxy) is 2. The molecule has 0 radical (unpaired) electrons. The average Bonchev–Trinajstić information content (AvgIpc) is 3.18. The van der Waals surface area contributed by atoms with E-state index in [0.29, 0.717) is 42.2 Å². The van der Waals surface area contributed by atoms with Crippen LogP contribution in [0.3, 0.4) is 0 Å². The van der Waals surface area contributed by atoms with Crippen molar-refractivity contribution < 1.29 is 24.2 Å². The van der Waals surface area contributed by atoms with Crippen LogP contribution in [0.5, 0.6) is 11.5 Å². The lowest BCUT2D eigenvalue weighted by molar-refractivity contribution is -0.320. The quantitative estimate of drug-likeness (QED) is 0.226. The zero-order valence-corrected chi connectivity index (χ0v) is 20.9. The summed E-state index contributed by atoms with van der Waals surface area (Å²) in [6.45, 7) is 3.82. The molecule has 36 heavy (non-hydrogen) atoms. The van der Waals surface area contributed by atoms with Gasteiger partial charge in [-0.1, -0.05) is 47.7 Å². The Morgan fingerprint density at radius 1 is 0.917 bits per heavy atom. The van der Waals surface area contributed by atoms with Gasteiger partial charge in [0.2, 0.25) is 0 Å². The summed E-state index contributed by atoms with van der Waals surface area (Å²) in [5.41, 5.74) is 0.536. The van der Waals surface area contributed by atoms with Crippen LogP contribution in [0.15, 0.2) is 77.6 Å². The van der Waals surface area contributed by atoms with E-state index in [4.69, 9.17) is 9.47 Å². The highest BCUT2D eigenvalue weighted by molar-refractivity contribution is 7.16. The highest BCUT2D eigenvalue weighted by atomic mass is 32.1. The van der Waals surface area contributed by atoms with E-state index in [-0.39, 0.29) is 10.7 Å². The number of aryl methyl sites for hydroxylation is 1. The van der Waals surface area contributed by atoms with Gasteiger partial charge in [-0.25, -0.2) is 0 Å². The minimum atomic E-state index is -1.45. The van der Waals surface area contributed by atoms with Gasteiger partial charge < -0.3 is 19.4 Å². The number of rotatable bonds is 11. The molecule has 0 atom stereocenters. The SMILES string of the molecule is CC(C)(Oc1cccc(OCCCCn2c(=O)sc3cc(C(=O)c4ccccc4)ccc32)c1)C(=O)[O-]. The van der Waals surface area contributed by atoms with Gasteiger partial charge in [0.25, 0.3) is 0 Å². The molecule has 0 amide bonds. The second kappa shape index (κ2) is 10.8. The molecule has 7 nitrogen and oxygen atoms in total. The third-order valence-electron chi connectivity index (χ3n) is 5.68. The molecule has 3 aromatic carbocycles. The lowest BCUT2D eigenvalue weighted by atomic mass is 10.0. The number of carboxylic acid groups (broad SMARTS) is 1. The van der Waals surface area contributed by atoms with Crippen LogP contribution in [0, 0.1) is 0 Å². The smallest absolute Gasteiger partial charge is 0.308 e. The number of ketones is 1. The lowest BCUT2D eigenvalue weighted by Gasteiger charge is -2.27. The van der Waals surface area contributed by atoms with Gasteiger partial charge in [-0.15, -0.1) is 0 Å². The maximum atomic E-state index is 12.7. The number of aliphatic carboxylic acids is 1. The number of nitrogens with zero attached hydrogens (tertiary/aromatic N) is 1. The Balaban J connectivity index is 1.33. The number of benzene rings is 3. The van der Waals surface area contributed by atoms with Crippen molar-refractivity contribution in [2.75, 3.05) is 6.61 Å². The van der Waals surface area contributed by atoms with E-state index in [1.54, 1.807) is 53.1 Å². The molecule has 8 heteroatoms. The van der Waals surface area contributed by atoms with Crippen LogP contribution in [-0.2, 0) is 11.3 Å². The Kier molecular flexibility index (Phi) is 7.55. The van der Waals surface area contributed by atoms with Crippen molar-refractivity contribution in [1.82, 2.24) is 4.57 Å². The monoisotopic (exact) mass is 504 g/mol. The highest BCUT2D eigenvalue weighted by Crippen LogP contribution is 2.24. The number of carbonyl (C=O) groups excluding carboxylic acids is 2. The van der Waals surface area contributed by atoms with E-state index in [0.717, 1.165) is 28.0 Å². The number of aromatic nitrogens is 1. The lowest BCUT2D eigenvalue weighted by Crippen LogP contribution is -2.47. The summed E-state index contributed by atoms with van der Waals surface area (Å²) in [5, 5.41) is 11.2.